The molecule has 14 aromatic rings. The van der Waals surface area contributed by atoms with Gasteiger partial charge in [-0.15, -0.1) is 5.11 Å². The first-order valence-corrected chi connectivity index (χ1v) is 49.7. The number of nitrogens with one attached hydrogen (secondary N) is 6. The van der Waals surface area contributed by atoms with Crippen molar-refractivity contribution in [3.8, 4) is 17.2 Å². The van der Waals surface area contributed by atoms with E-state index in [9.17, 15) is 92.9 Å². The first kappa shape index (κ1) is 105. The second-order valence-corrected chi connectivity index (χ2v) is 29.2. The minimum absolute atomic E-state index is 0. The summed E-state index contributed by atoms with van der Waals surface area (Å²) >= 11 is 2.89. The number of azo groups is 6. The Morgan fingerprint density at radius 1 is 0.287 bits per heavy atom. The Morgan fingerprint density at radius 3 is 0.783 bits per heavy atom. The van der Waals surface area contributed by atoms with Gasteiger partial charge < -0.3 is 72.3 Å². The van der Waals surface area contributed by atoms with Gasteiger partial charge in [0.25, 0.3) is 60.5 Å². The Bertz CT molecular complexity index is 7400. The standard InChI is InChI=1S/C49H32N10O13.C49H36N10O9.2Na.H2S/c60-26-71-42-23-32(49(67)68)22-40(25-42)57-55-37-10-4-34(5-11-37)51-46(63)30-19-29(45(62)50-33-2-8-36(9-3-33)53-54-39-14-16-41(17-15-39)59(69)70)20-31(21-30)47(64)52-35-6-12-38(13-7-35)56-58-43-18-1-28(48(65)66)24-44(43)72-27-61;1-28-18-32(48(64)65)23-42(19-28)58-56-40-14-8-36(9-15-40)52-46(62)30-20-29(45(61)51-35-6-12-39(13-7-35)55-54-38-4-2-34(50)3-5-38)21-31(22-30)47(63)53-37-10-16-41(17-11-37)57-59-43-24-33(49(66)67)25-44(26-43)68-27-60;;;/h1-27H,(H,50,62)(H,51,63)(H,52,64)(H,65,66)(H,67,68);2-27H,50H2,1H3,(H,51,61)(H,52,62)(H,53,63)(H,64,65)(H,66,67);;;1H2. The van der Waals surface area contributed by atoms with E-state index in [-0.39, 0.29) is 140 Å². The summed E-state index contributed by atoms with van der Waals surface area (Å²) in [5.41, 5.74) is 11.9. The Hall–Kier alpha value is -18.7. The van der Waals surface area contributed by atoms with E-state index in [2.05, 4.69) is 93.3 Å². The molecule has 0 fully saturated rings. The second-order valence-electron chi connectivity index (χ2n) is 29.2. The van der Waals surface area contributed by atoms with Crippen LogP contribution in [0.15, 0.2) is 365 Å². The number of carbonyl (C=O) groups excluding carboxylic acids is 9. The predicted molar refractivity (Wildman–Crippen MR) is 529 cm³/mol. The number of nitro benzene ring substituents is 1. The Morgan fingerprint density at radius 2 is 0.524 bits per heavy atom. The van der Waals surface area contributed by atoms with E-state index in [0.29, 0.717) is 85.2 Å². The third kappa shape index (κ3) is 31.2. The third-order valence-corrected chi connectivity index (χ3v) is 19.2. The van der Waals surface area contributed by atoms with Gasteiger partial charge >= 0.3 is 67.5 Å². The van der Waals surface area contributed by atoms with E-state index in [4.69, 9.17) is 19.9 Å². The monoisotopic (exact) mass is 1960 g/mol. The number of amides is 6. The number of anilines is 7. The number of carbonyl (C=O) groups is 13. The maximum atomic E-state index is 13.8. The van der Waals surface area contributed by atoms with Crippen molar-refractivity contribution in [2.24, 2.45) is 61.4 Å². The molecule has 0 radical (unpaired) electrons. The van der Waals surface area contributed by atoms with Crippen molar-refractivity contribution in [3.63, 3.8) is 0 Å². The predicted octanol–water partition coefficient (Wildman–Crippen LogP) is 21.9. The number of aromatic carboxylic acids is 4. The number of carboxylic acids is 4. The van der Waals surface area contributed by atoms with Gasteiger partial charge in [0, 0.05) is 97.5 Å². The zero-order chi connectivity index (χ0) is 101. The van der Waals surface area contributed by atoms with Gasteiger partial charge in [0.15, 0.2) is 5.75 Å². The first-order valence-electron chi connectivity index (χ1n) is 41.7. The molecule has 143 heavy (non-hydrogen) atoms. The van der Waals surface area contributed by atoms with Crippen LogP contribution in [0, 0.1) is 17.0 Å². The van der Waals surface area contributed by atoms with E-state index in [1.54, 1.807) is 97.9 Å². The molecule has 14 rings (SSSR count). The van der Waals surface area contributed by atoms with Crippen molar-refractivity contribution in [3.05, 3.63) is 375 Å². The summed E-state index contributed by atoms with van der Waals surface area (Å²) in [6.45, 7) is 2.16. The van der Waals surface area contributed by atoms with Crippen LogP contribution in [0.2, 0.25) is 0 Å². The number of nitrogens with two attached hydrogens (primary N) is 1. The molecule has 0 aliphatic heterocycles. The van der Waals surface area contributed by atoms with Gasteiger partial charge in [-0.3, -0.25) is 53.3 Å². The molecule has 0 spiro atoms. The number of hydrogen-bond acceptors (Lipinski definition) is 31. The zero-order valence-electron chi connectivity index (χ0n) is 74.6. The fourth-order valence-corrected chi connectivity index (χ4v) is 12.4. The van der Waals surface area contributed by atoms with Crippen LogP contribution in [0.3, 0.4) is 0 Å². The molecule has 702 valence electrons. The molecule has 42 nitrogen and oxygen atoms in total. The molecule has 14 aromatic carbocycles. The van der Waals surface area contributed by atoms with Gasteiger partial charge in [0.2, 0.25) is 0 Å². The van der Waals surface area contributed by atoms with Crippen molar-refractivity contribution in [2.45, 2.75) is 6.92 Å². The molecule has 0 bridgehead atoms. The average Bonchev–Trinajstić information content (AvgIpc) is 0.812. The summed E-state index contributed by atoms with van der Waals surface area (Å²) < 4.78 is 14.4. The van der Waals surface area contributed by atoms with Crippen LogP contribution in [0.1, 0.15) is 109 Å². The number of carboxylic acid groups (broad SMARTS) is 4. The molecule has 0 aliphatic rings. The number of rotatable bonds is 35. The number of nitrogen functional groups attached to an aromatic ring is 1. The molecule has 0 atom stereocenters. The van der Waals surface area contributed by atoms with Crippen LogP contribution in [-0.2, 0) is 14.4 Å². The zero-order valence-corrected chi connectivity index (χ0v) is 79.6. The number of nitro groups is 1. The van der Waals surface area contributed by atoms with Gasteiger partial charge in [0.1, 0.15) is 17.2 Å². The summed E-state index contributed by atoms with van der Waals surface area (Å²) in [5.74, 6) is -9.15. The van der Waals surface area contributed by atoms with Crippen molar-refractivity contribution in [1.82, 2.24) is 0 Å². The molecule has 0 heterocycles. The summed E-state index contributed by atoms with van der Waals surface area (Å²) in [4.78, 5) is 171. The van der Waals surface area contributed by atoms with E-state index in [1.165, 1.54) is 238 Å². The summed E-state index contributed by atoms with van der Waals surface area (Å²) in [6, 6.07) is 73.0. The molecule has 0 aromatic heterocycles. The Labute approximate surface area is 842 Å². The molecule has 0 unspecified atom stereocenters. The second kappa shape index (κ2) is 51.0. The minimum atomic E-state index is -1.28. The number of nitrogens with zero attached hydrogens (tertiary/aromatic N) is 13. The molecule has 45 heteroatoms. The third-order valence-electron chi connectivity index (χ3n) is 19.2. The number of ether oxygens (including phenoxy) is 3. The quantitative estimate of drug-likeness (QED) is 0.00439. The summed E-state index contributed by atoms with van der Waals surface area (Å²) in [7, 11) is 0. The normalized spacial score (nSPS) is 10.8. The first-order chi connectivity index (χ1) is 68.5. The Balaban J connectivity index is 0.000000267. The van der Waals surface area contributed by atoms with Crippen molar-refractivity contribution in [2.75, 3.05) is 37.6 Å². The van der Waals surface area contributed by atoms with E-state index >= 15 is 0 Å². The van der Waals surface area contributed by atoms with Gasteiger partial charge in [-0.05, 0) is 292 Å². The number of hydrogen-bond donors (Lipinski definition) is 11. The van der Waals surface area contributed by atoms with Crippen molar-refractivity contribution in [1.29, 1.82) is 0 Å². The van der Waals surface area contributed by atoms with Crippen LogP contribution in [0.5, 0.6) is 17.2 Å². The van der Waals surface area contributed by atoms with Gasteiger partial charge in [-0.25, -0.2) is 19.2 Å². The SMILES string of the molecule is Cc1cc(N=Nc2ccc(NC(=O)c3cc(C(=O)Nc4ccc(N=Nc5ccc(N)cc5)cc4)cc(C(=O)Nc4ccc(N=Nc5cc(OC=O)cc(C(=O)O)c5)cc4)c3)cc2)cc(C(=O)O)c1.O=COc1cc(N=Nc2ccc(NC(=O)c3cc(C(=O)Nc4ccc(N=Nc5ccc([N+](=O)[O-])cc5)cc4)cc(C(=O)Nc4ccc(N=Nc5ccc(C(=O)O)cc5OC=O)cc4)c3)cc2)cc(C(=O)O)c1.S.[Na][Na]. The Kier molecular flexibility index (Phi) is 37.3. The summed E-state index contributed by atoms with van der Waals surface area (Å²) in [5, 5.41) is 114. The summed E-state index contributed by atoms with van der Waals surface area (Å²) in [6.07, 6.45) is 0. The van der Waals surface area contributed by atoms with Crippen LogP contribution < -0.4 is 51.8 Å². The van der Waals surface area contributed by atoms with Crippen LogP contribution >= 0.6 is 13.5 Å². The van der Waals surface area contributed by atoms with E-state index < -0.39 is 64.2 Å². The maximum absolute atomic E-state index is 13.8. The molecular formula is C98H70N20Na2O22S. The fourth-order valence-electron chi connectivity index (χ4n) is 12.4. The average molecular weight is 1960 g/mol. The van der Waals surface area contributed by atoms with E-state index in [0.717, 1.165) is 18.2 Å². The van der Waals surface area contributed by atoms with Gasteiger partial charge in [-0.2, -0.15) is 69.8 Å². The number of aryl methyl sites for hydroxylation is 1. The van der Waals surface area contributed by atoms with Crippen LogP contribution in [0.4, 0.5) is 114 Å². The van der Waals surface area contributed by atoms with Crippen LogP contribution in [-0.4, -0.2) is 148 Å². The fraction of sp³-hybridized carbons (Fsp3) is 0.0102. The van der Waals surface area contributed by atoms with Gasteiger partial charge in [0.05, 0.1) is 89.7 Å². The molecule has 12 N–H and O–H groups in total. The van der Waals surface area contributed by atoms with Gasteiger partial charge in [-0.1, -0.05) is 0 Å². The van der Waals surface area contributed by atoms with Crippen molar-refractivity contribution < 1.29 is 102 Å². The number of non-ortho nitro benzene ring substituents is 1. The molecule has 0 saturated carbocycles. The number of benzene rings is 14. The van der Waals surface area contributed by atoms with Crippen LogP contribution in [0.25, 0.3) is 0 Å². The molecule has 0 aliphatic carbocycles. The molecule has 0 saturated heterocycles. The van der Waals surface area contributed by atoms with Crippen molar-refractivity contribution >= 4 is 250 Å². The molecular weight excluding hydrogens is 1890 g/mol. The topological polar surface area (TPSA) is 620 Å². The van der Waals surface area contributed by atoms with E-state index in [1.807, 2.05) is 0 Å². The molecule has 6 amide bonds.